The molecule has 0 fully saturated rings. The van der Waals surface area contributed by atoms with Crippen molar-refractivity contribution in [2.24, 2.45) is 0 Å². The minimum atomic E-state index is -0.641. The van der Waals surface area contributed by atoms with Crippen molar-refractivity contribution in [2.45, 2.75) is 15.9 Å². The second-order valence-electron chi connectivity index (χ2n) is 6.07. The van der Waals surface area contributed by atoms with E-state index < -0.39 is 6.10 Å². The van der Waals surface area contributed by atoms with Crippen LogP contribution in [0, 0.1) is 0 Å². The van der Waals surface area contributed by atoms with E-state index in [0.717, 1.165) is 22.0 Å². The Hall–Kier alpha value is -2.14. The molecule has 0 bridgehead atoms. The highest BCUT2D eigenvalue weighted by molar-refractivity contribution is 7.99. The van der Waals surface area contributed by atoms with Crippen molar-refractivity contribution in [2.75, 3.05) is 18.1 Å². The zero-order valence-corrected chi connectivity index (χ0v) is 15.6. The van der Waals surface area contributed by atoms with Crippen LogP contribution in [0.4, 0.5) is 11.4 Å². The van der Waals surface area contributed by atoms with E-state index in [1.54, 1.807) is 11.8 Å². The molecule has 1 aliphatic heterocycles. The Morgan fingerprint density at radius 1 is 0.923 bits per heavy atom. The second kappa shape index (κ2) is 7.62. The number of aliphatic hydroxyl groups is 1. The van der Waals surface area contributed by atoms with Crippen molar-refractivity contribution in [3.63, 3.8) is 0 Å². The Balaban J connectivity index is 1.56. The number of hydrogen-bond donors (Lipinski definition) is 1. The smallest absolute Gasteiger partial charge is 0.119 e. The lowest BCUT2D eigenvalue weighted by atomic mass is 10.2. The van der Waals surface area contributed by atoms with E-state index in [9.17, 15) is 5.11 Å². The number of rotatable bonds is 5. The molecule has 1 N–H and O–H groups in total. The fourth-order valence-electron chi connectivity index (χ4n) is 2.97. The van der Waals surface area contributed by atoms with Crippen molar-refractivity contribution < 1.29 is 9.84 Å². The summed E-state index contributed by atoms with van der Waals surface area (Å²) in [6.45, 7) is 0.656. The lowest BCUT2D eigenvalue weighted by Crippen LogP contribution is -2.34. The van der Waals surface area contributed by atoms with Crippen LogP contribution < -0.4 is 9.64 Å². The van der Waals surface area contributed by atoms with Gasteiger partial charge in [0.05, 0.1) is 17.9 Å². The van der Waals surface area contributed by atoms with Crippen molar-refractivity contribution in [1.29, 1.82) is 0 Å². The molecule has 0 amide bonds. The minimum absolute atomic E-state index is 0.228. The standard InChI is InChI=1S/C21H18ClNO2S/c22-15-10-11-21-19(12-15)23(18-8-4-5-9-20(18)26-21)13-16(24)14-25-17-6-2-1-3-7-17/h1-12,16,24H,13-14H2. The molecule has 0 spiro atoms. The van der Waals surface area contributed by atoms with Gasteiger partial charge in [-0.25, -0.2) is 0 Å². The molecular weight excluding hydrogens is 366 g/mol. The van der Waals surface area contributed by atoms with Crippen LogP contribution in [0.2, 0.25) is 5.02 Å². The first kappa shape index (κ1) is 17.3. The van der Waals surface area contributed by atoms with Crippen molar-refractivity contribution in [1.82, 2.24) is 0 Å². The average Bonchev–Trinajstić information content (AvgIpc) is 2.67. The van der Waals surface area contributed by atoms with Gasteiger partial charge in [0.1, 0.15) is 18.5 Å². The van der Waals surface area contributed by atoms with Crippen LogP contribution in [-0.4, -0.2) is 24.4 Å². The maximum absolute atomic E-state index is 10.6. The van der Waals surface area contributed by atoms with Gasteiger partial charge in [0.15, 0.2) is 0 Å². The molecule has 3 nitrogen and oxygen atoms in total. The molecule has 0 saturated carbocycles. The van der Waals surface area contributed by atoms with E-state index in [1.165, 1.54) is 4.90 Å². The lowest BCUT2D eigenvalue weighted by Gasteiger charge is -2.34. The molecule has 1 unspecified atom stereocenters. The van der Waals surface area contributed by atoms with E-state index in [4.69, 9.17) is 16.3 Å². The highest BCUT2D eigenvalue weighted by Gasteiger charge is 2.25. The first-order valence-corrected chi connectivity index (χ1v) is 9.60. The first-order valence-electron chi connectivity index (χ1n) is 8.40. The first-order chi connectivity index (χ1) is 12.7. The van der Waals surface area contributed by atoms with E-state index in [0.29, 0.717) is 11.6 Å². The molecule has 5 heteroatoms. The number of anilines is 2. The van der Waals surface area contributed by atoms with Crippen LogP contribution in [0.15, 0.2) is 82.6 Å². The summed E-state index contributed by atoms with van der Waals surface area (Å²) >= 11 is 7.94. The van der Waals surface area contributed by atoms with Gasteiger partial charge < -0.3 is 14.7 Å². The van der Waals surface area contributed by atoms with Crippen molar-refractivity contribution in [3.05, 3.63) is 77.8 Å². The highest BCUT2D eigenvalue weighted by atomic mass is 35.5. The van der Waals surface area contributed by atoms with Gasteiger partial charge in [-0.05, 0) is 42.5 Å². The van der Waals surface area contributed by atoms with E-state index in [1.807, 2.05) is 60.7 Å². The molecule has 3 aromatic carbocycles. The van der Waals surface area contributed by atoms with Gasteiger partial charge >= 0.3 is 0 Å². The average molecular weight is 384 g/mol. The second-order valence-corrected chi connectivity index (χ2v) is 7.59. The van der Waals surface area contributed by atoms with Gasteiger partial charge in [0.25, 0.3) is 0 Å². The Morgan fingerprint density at radius 3 is 2.50 bits per heavy atom. The Morgan fingerprint density at radius 2 is 1.65 bits per heavy atom. The zero-order valence-electron chi connectivity index (χ0n) is 14.0. The summed E-state index contributed by atoms with van der Waals surface area (Å²) in [4.78, 5) is 4.41. The van der Waals surface area contributed by atoms with Gasteiger partial charge in [-0.3, -0.25) is 0 Å². The third-order valence-corrected chi connectivity index (χ3v) is 5.53. The lowest BCUT2D eigenvalue weighted by molar-refractivity contribution is 0.114. The molecule has 132 valence electrons. The molecule has 0 aliphatic carbocycles. The monoisotopic (exact) mass is 383 g/mol. The predicted octanol–water partition coefficient (Wildman–Crippen LogP) is 5.38. The third-order valence-electron chi connectivity index (χ3n) is 4.17. The van der Waals surface area contributed by atoms with Crippen LogP contribution in [-0.2, 0) is 0 Å². The summed E-state index contributed by atoms with van der Waals surface area (Å²) in [6, 6.07) is 23.6. The number of halogens is 1. The topological polar surface area (TPSA) is 32.7 Å². The molecule has 26 heavy (non-hydrogen) atoms. The maximum Gasteiger partial charge on any atom is 0.119 e. The number of para-hydroxylation sites is 2. The summed E-state index contributed by atoms with van der Waals surface area (Å²) in [5.74, 6) is 0.754. The number of aliphatic hydroxyl groups excluding tert-OH is 1. The fourth-order valence-corrected chi connectivity index (χ4v) is 4.21. The third kappa shape index (κ3) is 3.68. The van der Waals surface area contributed by atoms with Crippen molar-refractivity contribution >= 4 is 34.7 Å². The van der Waals surface area contributed by atoms with Crippen LogP contribution in [0.5, 0.6) is 5.75 Å². The van der Waals surface area contributed by atoms with E-state index in [-0.39, 0.29) is 6.61 Å². The van der Waals surface area contributed by atoms with Crippen LogP contribution in [0.3, 0.4) is 0 Å². The molecule has 1 aliphatic rings. The van der Waals surface area contributed by atoms with Gasteiger partial charge in [-0.1, -0.05) is 53.7 Å². The minimum Gasteiger partial charge on any atom is -0.491 e. The number of β-amino-alcohol motifs (C(OH)–C–C–N with tert-alkyl or cyclic N) is 1. The Labute approximate surface area is 162 Å². The van der Waals surface area contributed by atoms with Gasteiger partial charge in [0.2, 0.25) is 0 Å². The zero-order chi connectivity index (χ0) is 17.9. The summed E-state index contributed by atoms with van der Waals surface area (Å²) in [5, 5.41) is 11.3. The molecule has 1 heterocycles. The predicted molar refractivity (Wildman–Crippen MR) is 107 cm³/mol. The molecule has 3 aromatic rings. The summed E-state index contributed by atoms with van der Waals surface area (Å²) in [6.07, 6.45) is -0.641. The van der Waals surface area contributed by atoms with Crippen LogP contribution in [0.25, 0.3) is 0 Å². The summed E-state index contributed by atoms with van der Waals surface area (Å²) in [5.41, 5.74) is 2.09. The molecule has 1 atom stereocenters. The number of hydrogen-bond acceptors (Lipinski definition) is 4. The molecule has 4 rings (SSSR count). The molecular formula is C21H18ClNO2S. The van der Waals surface area contributed by atoms with Crippen LogP contribution >= 0.6 is 23.4 Å². The Bertz CT molecular complexity index is 904. The van der Waals surface area contributed by atoms with E-state index in [2.05, 4.69) is 17.0 Å². The number of nitrogens with zero attached hydrogens (tertiary/aromatic N) is 1. The summed E-state index contributed by atoms with van der Waals surface area (Å²) in [7, 11) is 0. The molecule has 0 saturated heterocycles. The number of ether oxygens (including phenoxy) is 1. The van der Waals surface area contributed by atoms with E-state index >= 15 is 0 Å². The normalized spacial score (nSPS) is 13.7. The molecule has 0 aromatic heterocycles. The molecule has 0 radical (unpaired) electrons. The highest BCUT2D eigenvalue weighted by Crippen LogP contribution is 2.48. The SMILES string of the molecule is OC(COc1ccccc1)CN1c2ccccc2Sc2ccc(Cl)cc21. The summed E-state index contributed by atoms with van der Waals surface area (Å²) < 4.78 is 5.70. The van der Waals surface area contributed by atoms with Gasteiger partial charge in [-0.15, -0.1) is 0 Å². The quantitative estimate of drug-likeness (QED) is 0.640. The van der Waals surface area contributed by atoms with Crippen LogP contribution in [0.1, 0.15) is 0 Å². The number of fused-ring (bicyclic) bond motifs is 2. The Kier molecular flexibility index (Phi) is 5.07. The van der Waals surface area contributed by atoms with Gasteiger partial charge in [-0.2, -0.15) is 0 Å². The maximum atomic E-state index is 10.6. The van der Waals surface area contributed by atoms with Crippen molar-refractivity contribution in [3.8, 4) is 5.75 Å². The van der Waals surface area contributed by atoms with Gasteiger partial charge in [0, 0.05) is 14.8 Å². The largest absolute Gasteiger partial charge is 0.491 e. The number of benzene rings is 3. The fraction of sp³-hybridized carbons (Fsp3) is 0.143.